The van der Waals surface area contributed by atoms with Crippen LogP contribution in [0.5, 0.6) is 0 Å². The standard InChI is InChI=1S/C26H44O9/c1-8-9-17(28)35-25(6)11-10-16(33-14(4)27)24(5,31)12-15-20-19(23(25)34-15)18(13(2)3)21(29)22(30)26(20,7)32/h13,15-16,18-23,29-32H,8-12H2,1-7H3/t15-,16+,18-,19-,20-,21+,22-,23-,24+,25-,26+/m1/s1. The number of carbonyl (C=O) groups excluding carboxylic acids is 2. The molecule has 4 N–H and O–H groups in total. The summed E-state index contributed by atoms with van der Waals surface area (Å²) >= 11 is 0. The van der Waals surface area contributed by atoms with E-state index in [1.165, 1.54) is 13.8 Å². The third-order valence-corrected chi connectivity index (χ3v) is 8.61. The normalized spacial score (nSPS) is 47.9. The van der Waals surface area contributed by atoms with Gasteiger partial charge in [0.05, 0.1) is 17.8 Å². The molecule has 0 aromatic carbocycles. The zero-order chi connectivity index (χ0) is 26.5. The van der Waals surface area contributed by atoms with Crippen molar-refractivity contribution in [2.75, 3.05) is 0 Å². The molecular weight excluding hydrogens is 456 g/mol. The Morgan fingerprint density at radius 1 is 1.14 bits per heavy atom. The number of esters is 2. The van der Waals surface area contributed by atoms with Crippen molar-refractivity contribution < 1.29 is 44.2 Å². The van der Waals surface area contributed by atoms with Crippen LogP contribution in [0.1, 0.15) is 80.6 Å². The van der Waals surface area contributed by atoms with Crippen molar-refractivity contribution in [2.24, 2.45) is 23.7 Å². The van der Waals surface area contributed by atoms with Gasteiger partial charge in [0.1, 0.15) is 29.5 Å². The molecule has 35 heavy (non-hydrogen) atoms. The lowest BCUT2D eigenvalue weighted by atomic mass is 9.55. The lowest BCUT2D eigenvalue weighted by molar-refractivity contribution is -0.224. The molecule has 2 aliphatic heterocycles. The summed E-state index contributed by atoms with van der Waals surface area (Å²) in [6.45, 7) is 11.9. The van der Waals surface area contributed by atoms with Crippen LogP contribution in [0.15, 0.2) is 0 Å². The number of fused-ring (bicyclic) bond motifs is 5. The first-order valence-corrected chi connectivity index (χ1v) is 12.9. The lowest BCUT2D eigenvalue weighted by Gasteiger charge is -2.54. The Bertz CT molecular complexity index is 794. The van der Waals surface area contributed by atoms with E-state index in [0.717, 1.165) is 0 Å². The highest BCUT2D eigenvalue weighted by molar-refractivity contribution is 5.70. The maximum absolute atomic E-state index is 12.7. The number of aliphatic hydroxyl groups is 4. The third kappa shape index (κ3) is 5.12. The van der Waals surface area contributed by atoms with Gasteiger partial charge >= 0.3 is 11.9 Å². The summed E-state index contributed by atoms with van der Waals surface area (Å²) in [5.74, 6) is -2.55. The molecule has 3 rings (SSSR count). The number of hydrogen-bond donors (Lipinski definition) is 4. The summed E-state index contributed by atoms with van der Waals surface area (Å²) < 4.78 is 18.1. The Morgan fingerprint density at radius 2 is 1.77 bits per heavy atom. The van der Waals surface area contributed by atoms with Crippen molar-refractivity contribution in [2.45, 2.75) is 128 Å². The van der Waals surface area contributed by atoms with Crippen LogP contribution in [0.25, 0.3) is 0 Å². The lowest BCUT2D eigenvalue weighted by Crippen LogP contribution is -2.67. The summed E-state index contributed by atoms with van der Waals surface area (Å²) in [5, 5.41) is 45.1. The topological polar surface area (TPSA) is 143 Å². The minimum absolute atomic E-state index is 0.0331. The Hall–Kier alpha value is -1.26. The van der Waals surface area contributed by atoms with Crippen LogP contribution in [0.4, 0.5) is 0 Å². The first-order chi connectivity index (χ1) is 16.1. The molecule has 9 heteroatoms. The van der Waals surface area contributed by atoms with Gasteiger partial charge in [-0.3, -0.25) is 9.59 Å². The third-order valence-electron chi connectivity index (χ3n) is 8.61. The first kappa shape index (κ1) is 28.3. The average molecular weight is 501 g/mol. The van der Waals surface area contributed by atoms with Gasteiger partial charge in [-0.25, -0.2) is 0 Å². The molecule has 0 spiro atoms. The minimum Gasteiger partial charge on any atom is -0.460 e. The van der Waals surface area contributed by atoms with Gasteiger partial charge in [-0.15, -0.1) is 0 Å². The predicted molar refractivity (Wildman–Crippen MR) is 126 cm³/mol. The number of hydrogen-bond acceptors (Lipinski definition) is 9. The van der Waals surface area contributed by atoms with E-state index in [9.17, 15) is 30.0 Å². The molecule has 0 radical (unpaired) electrons. The quantitative estimate of drug-likeness (QED) is 0.415. The van der Waals surface area contributed by atoms with Crippen molar-refractivity contribution in [3.63, 3.8) is 0 Å². The maximum atomic E-state index is 12.7. The Morgan fingerprint density at radius 3 is 2.31 bits per heavy atom. The highest BCUT2D eigenvalue weighted by Crippen LogP contribution is 2.57. The monoisotopic (exact) mass is 500 g/mol. The van der Waals surface area contributed by atoms with Crippen LogP contribution < -0.4 is 0 Å². The molecule has 1 aliphatic carbocycles. The van der Waals surface area contributed by atoms with Crippen molar-refractivity contribution in [3.8, 4) is 0 Å². The fourth-order valence-corrected chi connectivity index (χ4v) is 6.97. The molecule has 3 aliphatic rings. The van der Waals surface area contributed by atoms with Crippen LogP contribution in [0.2, 0.25) is 0 Å². The molecule has 9 nitrogen and oxygen atoms in total. The molecule has 0 aromatic heterocycles. The smallest absolute Gasteiger partial charge is 0.306 e. The van der Waals surface area contributed by atoms with Gasteiger partial charge in [-0.1, -0.05) is 20.8 Å². The van der Waals surface area contributed by atoms with Gasteiger partial charge in [-0.05, 0) is 51.9 Å². The molecule has 1 saturated carbocycles. The molecule has 2 heterocycles. The van der Waals surface area contributed by atoms with Crippen LogP contribution in [-0.2, 0) is 23.8 Å². The van der Waals surface area contributed by atoms with Gasteiger partial charge in [0.25, 0.3) is 0 Å². The van der Waals surface area contributed by atoms with E-state index in [1.807, 2.05) is 20.8 Å². The highest BCUT2D eigenvalue weighted by atomic mass is 16.6. The minimum atomic E-state index is -1.73. The number of aliphatic hydroxyl groups excluding tert-OH is 2. The fraction of sp³-hybridized carbons (Fsp3) is 0.923. The molecule has 0 aromatic rings. The van der Waals surface area contributed by atoms with Gasteiger partial charge < -0.3 is 34.6 Å². The average Bonchev–Trinajstić information content (AvgIpc) is 3.09. The largest absolute Gasteiger partial charge is 0.460 e. The van der Waals surface area contributed by atoms with E-state index >= 15 is 0 Å². The Labute approximate surface area is 208 Å². The highest BCUT2D eigenvalue weighted by Gasteiger charge is 2.68. The predicted octanol–water partition coefficient (Wildman–Crippen LogP) is 1.71. The van der Waals surface area contributed by atoms with Gasteiger partial charge in [0, 0.05) is 31.6 Å². The van der Waals surface area contributed by atoms with E-state index in [2.05, 4.69) is 0 Å². The molecule has 11 atom stereocenters. The number of carbonyl (C=O) groups is 2. The number of rotatable bonds is 5. The Kier molecular flexibility index (Phi) is 8.00. The van der Waals surface area contributed by atoms with Crippen molar-refractivity contribution in [1.29, 1.82) is 0 Å². The zero-order valence-electron chi connectivity index (χ0n) is 22.1. The molecule has 2 bridgehead atoms. The van der Waals surface area contributed by atoms with Gasteiger partial charge in [0.15, 0.2) is 0 Å². The summed E-state index contributed by atoms with van der Waals surface area (Å²) in [6, 6.07) is 0. The Balaban J connectivity index is 2.16. The zero-order valence-corrected chi connectivity index (χ0v) is 22.1. The first-order valence-electron chi connectivity index (χ1n) is 12.9. The molecule has 3 fully saturated rings. The van der Waals surface area contributed by atoms with Crippen LogP contribution >= 0.6 is 0 Å². The molecule has 0 unspecified atom stereocenters. The summed E-state index contributed by atoms with van der Waals surface area (Å²) in [5.41, 5.74) is -4.40. The van der Waals surface area contributed by atoms with Gasteiger partial charge in [0.2, 0.25) is 0 Å². The van der Waals surface area contributed by atoms with Crippen molar-refractivity contribution >= 4 is 11.9 Å². The molecular formula is C26H44O9. The molecule has 0 amide bonds. The summed E-state index contributed by atoms with van der Waals surface area (Å²) in [4.78, 5) is 24.6. The fourth-order valence-electron chi connectivity index (χ4n) is 6.97. The van der Waals surface area contributed by atoms with E-state index in [1.54, 1.807) is 13.8 Å². The SMILES string of the molecule is CCCC(=O)O[C@]1(C)CC[C@H](OC(C)=O)[C@@](C)(O)C[C@H]2O[C@@H]1[C@@H]1[C@@H](C(C)C)[C@H](O)[C@@H](O)[C@@](C)(O)[C@@H]12. The van der Waals surface area contributed by atoms with E-state index in [-0.39, 0.29) is 31.6 Å². The van der Waals surface area contributed by atoms with E-state index in [0.29, 0.717) is 6.42 Å². The second-order valence-electron chi connectivity index (χ2n) is 11.9. The van der Waals surface area contributed by atoms with Crippen LogP contribution in [0, 0.1) is 23.7 Å². The molecule has 2 saturated heterocycles. The van der Waals surface area contributed by atoms with Gasteiger partial charge in [-0.2, -0.15) is 0 Å². The second kappa shape index (κ2) is 9.89. The van der Waals surface area contributed by atoms with Crippen molar-refractivity contribution in [3.05, 3.63) is 0 Å². The van der Waals surface area contributed by atoms with E-state index in [4.69, 9.17) is 14.2 Å². The van der Waals surface area contributed by atoms with E-state index < -0.39 is 77.0 Å². The summed E-state index contributed by atoms with van der Waals surface area (Å²) in [6.07, 6.45) is -3.61. The molecule has 202 valence electrons. The maximum Gasteiger partial charge on any atom is 0.306 e. The van der Waals surface area contributed by atoms with Crippen LogP contribution in [-0.4, -0.2) is 79.7 Å². The van der Waals surface area contributed by atoms with Crippen LogP contribution in [0.3, 0.4) is 0 Å². The summed E-state index contributed by atoms with van der Waals surface area (Å²) in [7, 11) is 0. The number of ether oxygens (including phenoxy) is 3. The second-order valence-corrected chi connectivity index (χ2v) is 11.9. The van der Waals surface area contributed by atoms with Crippen molar-refractivity contribution in [1.82, 2.24) is 0 Å².